The lowest BCUT2D eigenvalue weighted by molar-refractivity contribution is -0.121. The van der Waals surface area contributed by atoms with E-state index < -0.39 is 9.84 Å². The molecule has 1 unspecified atom stereocenters. The zero-order chi connectivity index (χ0) is 18.6. The summed E-state index contributed by atoms with van der Waals surface area (Å²) in [5.74, 6) is 0.884. The van der Waals surface area contributed by atoms with E-state index in [0.29, 0.717) is 19.4 Å². The molecule has 1 aromatic rings. The molecule has 1 aromatic carbocycles. The van der Waals surface area contributed by atoms with Crippen molar-refractivity contribution in [2.75, 3.05) is 31.6 Å². The van der Waals surface area contributed by atoms with Crippen molar-refractivity contribution in [2.45, 2.75) is 31.8 Å². The predicted molar refractivity (Wildman–Crippen MR) is 117 cm³/mol. The maximum absolute atomic E-state index is 12.0. The van der Waals surface area contributed by atoms with Crippen LogP contribution in [-0.4, -0.2) is 62.9 Å². The largest absolute Gasteiger partial charge is 0.356 e. The predicted octanol–water partition coefficient (Wildman–Crippen LogP) is 0.932. The van der Waals surface area contributed by atoms with E-state index in [2.05, 4.69) is 38.7 Å². The average Bonchev–Trinajstić information content (AvgIpc) is 2.96. The van der Waals surface area contributed by atoms with Crippen molar-refractivity contribution in [1.82, 2.24) is 15.5 Å². The second kappa shape index (κ2) is 9.72. The van der Waals surface area contributed by atoms with Crippen molar-refractivity contribution in [1.29, 1.82) is 0 Å². The standard InChI is InChI=1S/C18H26N4O3S.HI/c1-19-18(22-10-7-14-4-2-3-5-15(14)12-22)20-9-6-17(23)21-16-8-11-26(24,25)13-16;/h2-5,16H,6-13H2,1H3,(H,19,20)(H,21,23);1H. The number of amides is 1. The van der Waals surface area contributed by atoms with Gasteiger partial charge in [-0.25, -0.2) is 8.42 Å². The van der Waals surface area contributed by atoms with Gasteiger partial charge in [-0.05, 0) is 24.0 Å². The fourth-order valence-electron chi connectivity index (χ4n) is 3.51. The molecule has 1 amide bonds. The molecule has 0 radical (unpaired) electrons. The summed E-state index contributed by atoms with van der Waals surface area (Å²) in [6, 6.07) is 8.17. The molecule has 2 N–H and O–H groups in total. The Morgan fingerprint density at radius 1 is 1.30 bits per heavy atom. The Labute approximate surface area is 177 Å². The quantitative estimate of drug-likeness (QED) is 0.361. The number of carbonyl (C=O) groups is 1. The molecule has 0 aliphatic carbocycles. The Kier molecular flexibility index (Phi) is 7.90. The summed E-state index contributed by atoms with van der Waals surface area (Å²) >= 11 is 0. The minimum atomic E-state index is -2.97. The van der Waals surface area contributed by atoms with Gasteiger partial charge in [0.05, 0.1) is 11.5 Å². The van der Waals surface area contributed by atoms with Gasteiger partial charge < -0.3 is 15.5 Å². The fraction of sp³-hybridized carbons (Fsp3) is 0.556. The number of carbonyl (C=O) groups excluding carboxylic acids is 1. The number of guanidine groups is 1. The van der Waals surface area contributed by atoms with Gasteiger partial charge in [-0.2, -0.15) is 0 Å². The number of benzene rings is 1. The fourth-order valence-corrected chi connectivity index (χ4v) is 5.18. The van der Waals surface area contributed by atoms with Gasteiger partial charge in [0.2, 0.25) is 5.91 Å². The Morgan fingerprint density at radius 2 is 2.04 bits per heavy atom. The second-order valence-electron chi connectivity index (χ2n) is 6.83. The monoisotopic (exact) mass is 506 g/mol. The number of fused-ring (bicyclic) bond motifs is 1. The van der Waals surface area contributed by atoms with Crippen LogP contribution in [0.3, 0.4) is 0 Å². The summed E-state index contributed by atoms with van der Waals surface area (Å²) in [4.78, 5) is 18.5. The second-order valence-corrected chi connectivity index (χ2v) is 9.06. The number of nitrogens with one attached hydrogen (secondary N) is 2. The van der Waals surface area contributed by atoms with Gasteiger partial charge in [0.1, 0.15) is 0 Å². The third-order valence-electron chi connectivity index (χ3n) is 4.87. The van der Waals surface area contributed by atoms with Crippen LogP contribution in [0.4, 0.5) is 0 Å². The minimum Gasteiger partial charge on any atom is -0.356 e. The topological polar surface area (TPSA) is 90.9 Å². The third kappa shape index (κ3) is 6.06. The van der Waals surface area contributed by atoms with E-state index in [-0.39, 0.29) is 47.4 Å². The van der Waals surface area contributed by atoms with E-state index in [9.17, 15) is 13.2 Å². The molecule has 150 valence electrons. The normalized spacial score (nSPS) is 21.1. The van der Waals surface area contributed by atoms with Gasteiger partial charge in [0, 0.05) is 39.1 Å². The van der Waals surface area contributed by atoms with Gasteiger partial charge in [-0.15, -0.1) is 24.0 Å². The van der Waals surface area contributed by atoms with Crippen LogP contribution in [0, 0.1) is 0 Å². The Morgan fingerprint density at radius 3 is 2.70 bits per heavy atom. The highest BCUT2D eigenvalue weighted by Gasteiger charge is 2.28. The van der Waals surface area contributed by atoms with Crippen LogP contribution in [0.1, 0.15) is 24.0 Å². The zero-order valence-electron chi connectivity index (χ0n) is 15.5. The Hall–Kier alpha value is -1.36. The summed E-state index contributed by atoms with van der Waals surface area (Å²) < 4.78 is 22.9. The van der Waals surface area contributed by atoms with Crippen molar-refractivity contribution < 1.29 is 13.2 Å². The van der Waals surface area contributed by atoms with Gasteiger partial charge >= 0.3 is 0 Å². The van der Waals surface area contributed by atoms with E-state index in [4.69, 9.17) is 0 Å². The van der Waals surface area contributed by atoms with Gasteiger partial charge in [0.15, 0.2) is 15.8 Å². The van der Waals surface area contributed by atoms with Crippen LogP contribution in [0.5, 0.6) is 0 Å². The van der Waals surface area contributed by atoms with Crippen molar-refractivity contribution in [3.8, 4) is 0 Å². The number of hydrogen-bond acceptors (Lipinski definition) is 4. The molecule has 3 rings (SSSR count). The van der Waals surface area contributed by atoms with Crippen LogP contribution in [-0.2, 0) is 27.6 Å². The molecule has 0 aromatic heterocycles. The van der Waals surface area contributed by atoms with Crippen LogP contribution in [0.2, 0.25) is 0 Å². The lowest BCUT2D eigenvalue weighted by atomic mass is 10.0. The highest BCUT2D eigenvalue weighted by Crippen LogP contribution is 2.18. The lowest BCUT2D eigenvalue weighted by Gasteiger charge is -2.31. The first kappa shape index (κ1) is 21.9. The van der Waals surface area contributed by atoms with Crippen molar-refractivity contribution in [3.63, 3.8) is 0 Å². The number of aliphatic imine (C=N–C) groups is 1. The van der Waals surface area contributed by atoms with Crippen LogP contribution >= 0.6 is 24.0 Å². The number of halogens is 1. The Bertz CT molecular complexity index is 798. The first-order valence-electron chi connectivity index (χ1n) is 8.99. The van der Waals surface area contributed by atoms with Crippen LogP contribution in [0.15, 0.2) is 29.3 Å². The number of sulfone groups is 1. The SMILES string of the molecule is CN=C(NCCC(=O)NC1CCS(=O)(=O)C1)N1CCc2ccccc2C1.I. The van der Waals surface area contributed by atoms with Gasteiger partial charge in [0.25, 0.3) is 0 Å². The highest BCUT2D eigenvalue weighted by atomic mass is 127. The molecule has 2 aliphatic rings. The number of nitrogens with zero attached hydrogens (tertiary/aromatic N) is 2. The minimum absolute atomic E-state index is 0. The van der Waals surface area contributed by atoms with Crippen LogP contribution < -0.4 is 10.6 Å². The highest BCUT2D eigenvalue weighted by molar-refractivity contribution is 14.0. The van der Waals surface area contributed by atoms with E-state index >= 15 is 0 Å². The molecule has 0 spiro atoms. The maximum Gasteiger partial charge on any atom is 0.222 e. The van der Waals surface area contributed by atoms with Gasteiger partial charge in [-0.1, -0.05) is 24.3 Å². The molecular formula is C18H27IN4O3S. The van der Waals surface area contributed by atoms with Gasteiger partial charge in [-0.3, -0.25) is 9.79 Å². The molecule has 2 aliphatic heterocycles. The number of hydrogen-bond donors (Lipinski definition) is 2. The van der Waals surface area contributed by atoms with Crippen molar-refractivity contribution >= 4 is 45.7 Å². The summed E-state index contributed by atoms with van der Waals surface area (Å²) in [6.07, 6.45) is 1.78. The first-order chi connectivity index (χ1) is 12.5. The van der Waals surface area contributed by atoms with E-state index in [0.717, 1.165) is 25.5 Å². The molecule has 27 heavy (non-hydrogen) atoms. The van der Waals surface area contributed by atoms with E-state index in [1.54, 1.807) is 7.05 Å². The molecule has 1 saturated heterocycles. The molecular weight excluding hydrogens is 479 g/mol. The molecule has 0 bridgehead atoms. The summed E-state index contributed by atoms with van der Waals surface area (Å²) in [5, 5.41) is 6.05. The molecule has 2 heterocycles. The first-order valence-corrected chi connectivity index (χ1v) is 10.8. The van der Waals surface area contributed by atoms with Crippen molar-refractivity contribution in [2.24, 2.45) is 4.99 Å². The van der Waals surface area contributed by atoms with E-state index in [1.807, 2.05) is 6.07 Å². The molecule has 0 saturated carbocycles. The van der Waals surface area contributed by atoms with Crippen molar-refractivity contribution in [3.05, 3.63) is 35.4 Å². The summed E-state index contributed by atoms with van der Waals surface area (Å²) in [5.41, 5.74) is 2.69. The number of rotatable bonds is 4. The smallest absolute Gasteiger partial charge is 0.222 e. The maximum atomic E-state index is 12.0. The average molecular weight is 506 g/mol. The molecule has 1 atom stereocenters. The molecule has 7 nitrogen and oxygen atoms in total. The Balaban J connectivity index is 0.00000261. The lowest BCUT2D eigenvalue weighted by Crippen LogP contribution is -2.45. The summed E-state index contributed by atoms with van der Waals surface area (Å²) in [7, 11) is -1.23. The zero-order valence-corrected chi connectivity index (χ0v) is 18.6. The molecule has 9 heteroatoms. The van der Waals surface area contributed by atoms with Crippen LogP contribution in [0.25, 0.3) is 0 Å². The molecule has 1 fully saturated rings. The van der Waals surface area contributed by atoms with E-state index in [1.165, 1.54) is 11.1 Å². The third-order valence-corrected chi connectivity index (χ3v) is 6.64. The summed E-state index contributed by atoms with van der Waals surface area (Å²) in [6.45, 7) is 2.17.